The van der Waals surface area contributed by atoms with Crippen molar-refractivity contribution in [2.75, 3.05) is 13.2 Å². The molecule has 0 N–H and O–H groups in total. The number of fused-ring (bicyclic) bond motifs is 1. The second-order valence-corrected chi connectivity index (χ2v) is 8.51. The van der Waals surface area contributed by atoms with Gasteiger partial charge in [0.25, 0.3) is 0 Å². The van der Waals surface area contributed by atoms with Crippen LogP contribution in [0.5, 0.6) is 0 Å². The fourth-order valence-electron chi connectivity index (χ4n) is 4.09. The van der Waals surface area contributed by atoms with Crippen LogP contribution in [-0.4, -0.2) is 24.5 Å². The highest BCUT2D eigenvalue weighted by Gasteiger charge is 2.13. The van der Waals surface area contributed by atoms with Crippen molar-refractivity contribution < 1.29 is 9.47 Å². The van der Waals surface area contributed by atoms with Crippen molar-refractivity contribution in [1.29, 1.82) is 0 Å². The Morgan fingerprint density at radius 2 is 1.94 bits per heavy atom. The van der Waals surface area contributed by atoms with Crippen LogP contribution < -0.4 is 0 Å². The number of aryl methyl sites for hydroxylation is 1. The molecule has 0 radical (unpaired) electrons. The lowest BCUT2D eigenvalue weighted by molar-refractivity contribution is -0.161. The molecule has 1 atom stereocenters. The first-order chi connectivity index (χ1) is 15.8. The highest BCUT2D eigenvalue weighted by Crippen LogP contribution is 2.21. The zero-order chi connectivity index (χ0) is 22.0. The van der Waals surface area contributed by atoms with Gasteiger partial charge in [0, 0.05) is 36.6 Å². The van der Waals surface area contributed by atoms with Gasteiger partial charge < -0.3 is 9.47 Å². The van der Waals surface area contributed by atoms with Gasteiger partial charge in [0.2, 0.25) is 0 Å². The van der Waals surface area contributed by atoms with Crippen LogP contribution in [0.25, 0.3) is 10.8 Å². The highest BCUT2D eigenvalue weighted by molar-refractivity contribution is 5.86. The Balaban J connectivity index is 1.40. The lowest BCUT2D eigenvalue weighted by atomic mass is 10.00. The summed E-state index contributed by atoms with van der Waals surface area (Å²) >= 11 is 0. The Kier molecular flexibility index (Phi) is 8.31. The number of nitrogens with zero attached hydrogens (tertiary/aromatic N) is 1. The second-order valence-electron chi connectivity index (χ2n) is 8.51. The van der Waals surface area contributed by atoms with Crippen molar-refractivity contribution in [3.63, 3.8) is 0 Å². The molecule has 0 spiro atoms. The molecule has 3 nitrogen and oxygen atoms in total. The van der Waals surface area contributed by atoms with Crippen LogP contribution in [0.2, 0.25) is 0 Å². The van der Waals surface area contributed by atoms with E-state index in [4.69, 9.17) is 14.5 Å². The Bertz CT molecular complexity index is 1060. The maximum Gasteiger partial charge on any atom is 0.157 e. The third-order valence-corrected chi connectivity index (χ3v) is 5.96. The number of rotatable bonds is 8. The van der Waals surface area contributed by atoms with E-state index in [0.29, 0.717) is 13.0 Å². The van der Waals surface area contributed by atoms with E-state index in [1.54, 1.807) is 0 Å². The van der Waals surface area contributed by atoms with E-state index in [1.165, 1.54) is 41.2 Å². The standard InChI is InChI=1S/C29H33NO2/c1-2-3-8-23-11-13-25(14-12-23)22-28-27-21-24(15-16-26(27)17-18-30-28)9-4-6-19-31-29-10-5-7-20-32-29/h11-18,21,29H,2-3,5-8,10,19-20,22H2,1H3. The van der Waals surface area contributed by atoms with Crippen molar-refractivity contribution in [3.05, 3.63) is 77.1 Å². The average Bonchev–Trinajstić information content (AvgIpc) is 2.84. The van der Waals surface area contributed by atoms with E-state index in [9.17, 15) is 0 Å². The number of unbranched alkanes of at least 4 members (excludes halogenated alkanes) is 1. The van der Waals surface area contributed by atoms with Gasteiger partial charge in [-0.15, -0.1) is 0 Å². The molecule has 3 heteroatoms. The molecule has 1 unspecified atom stereocenters. The molecule has 1 aromatic heterocycles. The van der Waals surface area contributed by atoms with E-state index < -0.39 is 0 Å². The summed E-state index contributed by atoms with van der Waals surface area (Å²) in [5.41, 5.74) is 4.84. The topological polar surface area (TPSA) is 31.4 Å². The van der Waals surface area contributed by atoms with Gasteiger partial charge in [0.1, 0.15) is 0 Å². The lowest BCUT2D eigenvalue weighted by Gasteiger charge is -2.22. The van der Waals surface area contributed by atoms with E-state index in [-0.39, 0.29) is 6.29 Å². The maximum atomic E-state index is 5.77. The fourth-order valence-corrected chi connectivity index (χ4v) is 4.09. The molecule has 1 aliphatic rings. The first-order valence-corrected chi connectivity index (χ1v) is 12.0. The van der Waals surface area contributed by atoms with Crippen LogP contribution in [-0.2, 0) is 22.3 Å². The van der Waals surface area contributed by atoms with Crippen molar-refractivity contribution >= 4 is 10.8 Å². The summed E-state index contributed by atoms with van der Waals surface area (Å²) in [5.74, 6) is 6.54. The molecule has 0 amide bonds. The minimum Gasteiger partial charge on any atom is -0.353 e. The average molecular weight is 428 g/mol. The molecule has 4 rings (SSSR count). The minimum absolute atomic E-state index is 0.0411. The maximum absolute atomic E-state index is 5.77. The zero-order valence-corrected chi connectivity index (χ0v) is 19.1. The molecule has 0 aliphatic carbocycles. The van der Waals surface area contributed by atoms with Gasteiger partial charge in [0.05, 0.1) is 12.3 Å². The van der Waals surface area contributed by atoms with Gasteiger partial charge in [-0.2, -0.15) is 0 Å². The summed E-state index contributed by atoms with van der Waals surface area (Å²) < 4.78 is 11.4. The SMILES string of the molecule is CCCCc1ccc(Cc2nccc3ccc(C#CCCOC4CCCCO4)cc23)cc1. The molecule has 32 heavy (non-hydrogen) atoms. The number of ether oxygens (including phenoxy) is 2. The van der Waals surface area contributed by atoms with E-state index in [1.807, 2.05) is 6.20 Å². The van der Waals surface area contributed by atoms with Crippen LogP contribution >= 0.6 is 0 Å². The second kappa shape index (κ2) is 11.8. The van der Waals surface area contributed by atoms with Crippen LogP contribution in [0.3, 0.4) is 0 Å². The van der Waals surface area contributed by atoms with Crippen LogP contribution in [0.4, 0.5) is 0 Å². The minimum atomic E-state index is -0.0411. The number of aromatic nitrogens is 1. The van der Waals surface area contributed by atoms with E-state index >= 15 is 0 Å². The van der Waals surface area contributed by atoms with Crippen molar-refractivity contribution in [2.45, 2.75) is 64.6 Å². The summed E-state index contributed by atoms with van der Waals surface area (Å²) in [6.45, 7) is 3.67. The Labute approximate surface area is 192 Å². The first-order valence-electron chi connectivity index (χ1n) is 12.0. The van der Waals surface area contributed by atoms with Crippen molar-refractivity contribution in [1.82, 2.24) is 4.98 Å². The molecule has 3 aromatic rings. The van der Waals surface area contributed by atoms with E-state index in [0.717, 1.165) is 43.5 Å². The van der Waals surface area contributed by atoms with Crippen molar-refractivity contribution in [2.24, 2.45) is 0 Å². The van der Waals surface area contributed by atoms with Gasteiger partial charge in [-0.25, -0.2) is 0 Å². The molecule has 2 aromatic carbocycles. The molecule has 166 valence electrons. The van der Waals surface area contributed by atoms with Crippen LogP contribution in [0.1, 0.15) is 67.8 Å². The Morgan fingerprint density at radius 1 is 1.06 bits per heavy atom. The molecule has 1 saturated heterocycles. The summed E-state index contributed by atoms with van der Waals surface area (Å²) in [5, 5.41) is 2.39. The summed E-state index contributed by atoms with van der Waals surface area (Å²) in [7, 11) is 0. The van der Waals surface area contributed by atoms with Gasteiger partial charge in [-0.05, 0) is 66.8 Å². The van der Waals surface area contributed by atoms with Gasteiger partial charge in [-0.3, -0.25) is 4.98 Å². The normalized spacial score (nSPS) is 16.0. The molecule has 1 fully saturated rings. The molecule has 1 aliphatic heterocycles. The van der Waals surface area contributed by atoms with Gasteiger partial charge in [-0.1, -0.05) is 55.5 Å². The summed E-state index contributed by atoms with van der Waals surface area (Å²) in [6.07, 6.45) is 10.4. The molecular weight excluding hydrogens is 394 g/mol. The molecule has 2 heterocycles. The number of hydrogen-bond donors (Lipinski definition) is 0. The highest BCUT2D eigenvalue weighted by atomic mass is 16.7. The van der Waals surface area contributed by atoms with Crippen molar-refractivity contribution in [3.8, 4) is 11.8 Å². The Hall–Kier alpha value is -2.67. The number of benzene rings is 2. The van der Waals surface area contributed by atoms with Gasteiger partial charge >= 0.3 is 0 Å². The molecule has 0 bridgehead atoms. The van der Waals surface area contributed by atoms with E-state index in [2.05, 4.69) is 67.3 Å². The predicted octanol–water partition coefficient (Wildman–Crippen LogP) is 6.45. The monoisotopic (exact) mass is 427 g/mol. The van der Waals surface area contributed by atoms with Crippen LogP contribution in [0, 0.1) is 11.8 Å². The van der Waals surface area contributed by atoms with Crippen LogP contribution in [0.15, 0.2) is 54.7 Å². The lowest BCUT2D eigenvalue weighted by Crippen LogP contribution is -2.22. The quantitative estimate of drug-likeness (QED) is 0.306. The smallest absolute Gasteiger partial charge is 0.157 e. The molecule has 0 saturated carbocycles. The Morgan fingerprint density at radius 3 is 2.75 bits per heavy atom. The largest absolute Gasteiger partial charge is 0.353 e. The number of hydrogen-bond acceptors (Lipinski definition) is 3. The predicted molar refractivity (Wildman–Crippen MR) is 131 cm³/mol. The summed E-state index contributed by atoms with van der Waals surface area (Å²) in [6, 6.07) is 17.5. The van der Waals surface area contributed by atoms with Gasteiger partial charge in [0.15, 0.2) is 6.29 Å². The summed E-state index contributed by atoms with van der Waals surface area (Å²) in [4.78, 5) is 4.69. The zero-order valence-electron chi connectivity index (χ0n) is 19.1. The molecular formula is C29H33NO2. The number of pyridine rings is 1. The fraction of sp³-hybridized carbons (Fsp3) is 0.414. The first kappa shape index (κ1) is 22.5. The third-order valence-electron chi connectivity index (χ3n) is 5.96. The third kappa shape index (κ3) is 6.42.